The number of aryl methyl sites for hydroxylation is 1. The van der Waals surface area contributed by atoms with Crippen molar-refractivity contribution in [2.24, 2.45) is 0 Å². The fraction of sp³-hybridized carbons (Fsp3) is 0.294. The molecule has 0 unspecified atom stereocenters. The number of fused-ring (bicyclic) bond motifs is 1. The molecule has 0 radical (unpaired) electrons. The smallest absolute Gasteiger partial charge is 0.156 e. The molecule has 1 fully saturated rings. The molecule has 3 heterocycles. The topological polar surface area (TPSA) is 51.9 Å². The van der Waals surface area contributed by atoms with Gasteiger partial charge in [0.2, 0.25) is 0 Å². The van der Waals surface area contributed by atoms with Crippen LogP contribution >= 0.6 is 0 Å². The molecule has 0 atom stereocenters. The van der Waals surface area contributed by atoms with Crippen LogP contribution in [-0.2, 0) is 19.4 Å². The number of aromatic nitrogens is 3. The van der Waals surface area contributed by atoms with Crippen LogP contribution in [0.5, 0.6) is 11.5 Å². The summed E-state index contributed by atoms with van der Waals surface area (Å²) in [6, 6.07) is 31.2. The Balaban J connectivity index is 1.11. The lowest BCUT2D eigenvalue weighted by molar-refractivity contribution is 0.306. The molecule has 2 aromatic heterocycles. The van der Waals surface area contributed by atoms with Crippen molar-refractivity contribution in [1.29, 1.82) is 0 Å². The number of nitrogens with zero attached hydrogens (tertiary/aromatic N) is 4. The predicted molar refractivity (Wildman–Crippen MR) is 159 cm³/mol. The summed E-state index contributed by atoms with van der Waals surface area (Å²) in [5, 5.41) is 4.89. The van der Waals surface area contributed by atoms with Crippen LogP contribution in [0, 0.1) is 0 Å². The van der Waals surface area contributed by atoms with E-state index < -0.39 is 0 Å². The summed E-state index contributed by atoms with van der Waals surface area (Å²) < 4.78 is 13.3. The normalized spacial score (nSPS) is 13.6. The van der Waals surface area contributed by atoms with Crippen molar-refractivity contribution in [1.82, 2.24) is 19.5 Å². The molecule has 1 saturated heterocycles. The Hall–Kier alpha value is -4.16. The van der Waals surface area contributed by atoms with E-state index in [2.05, 4.69) is 47.4 Å². The summed E-state index contributed by atoms with van der Waals surface area (Å²) in [6.07, 6.45) is 5.79. The first-order valence-corrected chi connectivity index (χ1v) is 14.2. The van der Waals surface area contributed by atoms with Gasteiger partial charge < -0.3 is 14.4 Å². The van der Waals surface area contributed by atoms with E-state index in [1.807, 2.05) is 53.0 Å². The van der Waals surface area contributed by atoms with E-state index in [0.717, 1.165) is 46.2 Å². The molecule has 6 nitrogen and oxygen atoms in total. The molecule has 6 heteroatoms. The number of pyridine rings is 1. The summed E-state index contributed by atoms with van der Waals surface area (Å²) in [5.74, 6) is 2.47. The molecule has 1 aliphatic heterocycles. The van der Waals surface area contributed by atoms with Gasteiger partial charge in [-0.05, 0) is 98.4 Å². The van der Waals surface area contributed by atoms with Crippen molar-refractivity contribution in [3.05, 3.63) is 114 Å². The van der Waals surface area contributed by atoms with Crippen molar-refractivity contribution in [2.75, 3.05) is 26.7 Å². The quantitative estimate of drug-likeness (QED) is 0.192. The summed E-state index contributed by atoms with van der Waals surface area (Å²) in [6.45, 7) is 4.25. The van der Waals surface area contributed by atoms with Crippen LogP contribution in [-0.4, -0.2) is 46.2 Å². The Kier molecular flexibility index (Phi) is 8.05. The fourth-order valence-electron chi connectivity index (χ4n) is 5.40. The molecule has 0 bridgehead atoms. The third kappa shape index (κ3) is 6.35. The summed E-state index contributed by atoms with van der Waals surface area (Å²) in [7, 11) is 1.67. The highest BCUT2D eigenvalue weighted by molar-refractivity contribution is 5.64. The monoisotopic (exact) mass is 532 g/mol. The second-order valence-electron chi connectivity index (χ2n) is 10.5. The lowest BCUT2D eigenvalue weighted by Gasteiger charge is -2.13. The zero-order valence-electron chi connectivity index (χ0n) is 23.1. The number of likely N-dealkylation sites (tertiary alicyclic amines) is 1. The van der Waals surface area contributed by atoms with Crippen molar-refractivity contribution in [3.63, 3.8) is 0 Å². The van der Waals surface area contributed by atoms with E-state index in [1.54, 1.807) is 7.11 Å². The average molecular weight is 533 g/mol. The first-order chi connectivity index (χ1) is 19.7. The first-order valence-electron chi connectivity index (χ1n) is 14.2. The first kappa shape index (κ1) is 26.1. The van der Waals surface area contributed by atoms with E-state index >= 15 is 0 Å². The Morgan fingerprint density at radius 2 is 1.52 bits per heavy atom. The van der Waals surface area contributed by atoms with Gasteiger partial charge in [-0.15, -0.1) is 0 Å². The van der Waals surface area contributed by atoms with Crippen LogP contribution < -0.4 is 9.47 Å². The molecule has 40 heavy (non-hydrogen) atoms. The number of methoxy groups -OCH3 is 1. The SMILES string of the molecule is COc1ccc(COc2cccc(-c3cccc4nc(Cc5ccc(CCCN6CCCC6)cc5)nn34)c2)cc1. The van der Waals surface area contributed by atoms with E-state index in [-0.39, 0.29) is 0 Å². The van der Waals surface area contributed by atoms with E-state index in [1.165, 1.54) is 50.0 Å². The average Bonchev–Trinajstić information content (AvgIpc) is 3.67. The minimum absolute atomic E-state index is 0.488. The van der Waals surface area contributed by atoms with Crippen molar-refractivity contribution < 1.29 is 9.47 Å². The van der Waals surface area contributed by atoms with Gasteiger partial charge in [-0.3, -0.25) is 0 Å². The van der Waals surface area contributed by atoms with Crippen molar-refractivity contribution in [3.8, 4) is 22.8 Å². The summed E-state index contributed by atoms with van der Waals surface area (Å²) in [5.41, 5.74) is 6.59. The zero-order valence-corrected chi connectivity index (χ0v) is 23.1. The number of hydrogen-bond acceptors (Lipinski definition) is 5. The number of ether oxygens (including phenoxy) is 2. The molecule has 0 saturated carbocycles. The van der Waals surface area contributed by atoms with E-state index in [9.17, 15) is 0 Å². The van der Waals surface area contributed by atoms with Gasteiger partial charge in [0.1, 0.15) is 18.1 Å². The number of benzene rings is 3. The summed E-state index contributed by atoms with van der Waals surface area (Å²) >= 11 is 0. The second-order valence-corrected chi connectivity index (χ2v) is 10.5. The fourth-order valence-corrected chi connectivity index (χ4v) is 5.40. The molecule has 3 aromatic carbocycles. The molecule has 204 valence electrons. The Labute approximate surface area is 236 Å². The molecule has 6 rings (SSSR count). The Morgan fingerprint density at radius 1 is 0.775 bits per heavy atom. The van der Waals surface area contributed by atoms with Crippen LogP contribution in [0.1, 0.15) is 41.8 Å². The largest absolute Gasteiger partial charge is 0.497 e. The minimum atomic E-state index is 0.488. The van der Waals surface area contributed by atoms with Crippen LogP contribution in [0.4, 0.5) is 0 Å². The molecular formula is C34H36N4O2. The van der Waals surface area contributed by atoms with Gasteiger partial charge in [-0.1, -0.05) is 54.6 Å². The molecule has 1 aliphatic rings. The standard InChI is InChI=1S/C34H36N4O2/c1-39-30-18-16-28(17-19-30)25-40-31-9-4-8-29(24-31)32-10-5-11-34-35-33(36-38(32)34)23-27-14-12-26(13-15-27)7-6-22-37-20-2-3-21-37/h4-5,8-19,24H,2-3,6-7,20-23,25H2,1H3. The predicted octanol–water partition coefficient (Wildman–Crippen LogP) is 6.60. The molecule has 0 N–H and O–H groups in total. The van der Waals surface area contributed by atoms with E-state index in [4.69, 9.17) is 19.6 Å². The lowest BCUT2D eigenvalue weighted by Crippen LogP contribution is -2.20. The summed E-state index contributed by atoms with van der Waals surface area (Å²) in [4.78, 5) is 7.41. The molecule has 0 amide bonds. The third-order valence-electron chi connectivity index (χ3n) is 7.62. The van der Waals surface area contributed by atoms with Gasteiger partial charge in [-0.2, -0.15) is 5.10 Å². The molecule has 0 aliphatic carbocycles. The van der Waals surface area contributed by atoms with Crippen molar-refractivity contribution >= 4 is 5.65 Å². The molecule has 0 spiro atoms. The van der Waals surface area contributed by atoms with Gasteiger partial charge in [0.05, 0.1) is 12.8 Å². The number of rotatable bonds is 11. The van der Waals surface area contributed by atoms with Gasteiger partial charge in [-0.25, -0.2) is 9.50 Å². The zero-order chi connectivity index (χ0) is 27.1. The van der Waals surface area contributed by atoms with Gasteiger partial charge in [0, 0.05) is 12.0 Å². The van der Waals surface area contributed by atoms with Crippen LogP contribution in [0.15, 0.2) is 91.0 Å². The van der Waals surface area contributed by atoms with Crippen LogP contribution in [0.25, 0.3) is 16.9 Å². The highest BCUT2D eigenvalue weighted by Gasteiger charge is 2.12. The highest BCUT2D eigenvalue weighted by atomic mass is 16.5. The van der Waals surface area contributed by atoms with Crippen molar-refractivity contribution in [2.45, 2.75) is 38.7 Å². The molecular weight excluding hydrogens is 496 g/mol. The van der Waals surface area contributed by atoms with Crippen LogP contribution in [0.3, 0.4) is 0 Å². The molecule has 5 aromatic rings. The second kappa shape index (κ2) is 12.3. The number of hydrogen-bond donors (Lipinski definition) is 0. The van der Waals surface area contributed by atoms with Crippen LogP contribution in [0.2, 0.25) is 0 Å². The minimum Gasteiger partial charge on any atom is -0.497 e. The third-order valence-corrected chi connectivity index (χ3v) is 7.62. The van der Waals surface area contributed by atoms with Gasteiger partial charge in [0.15, 0.2) is 11.5 Å². The Morgan fingerprint density at radius 3 is 2.33 bits per heavy atom. The maximum Gasteiger partial charge on any atom is 0.156 e. The maximum atomic E-state index is 6.10. The van der Waals surface area contributed by atoms with E-state index in [0.29, 0.717) is 13.0 Å². The maximum absolute atomic E-state index is 6.10. The van der Waals surface area contributed by atoms with Gasteiger partial charge in [0.25, 0.3) is 0 Å². The highest BCUT2D eigenvalue weighted by Crippen LogP contribution is 2.25. The van der Waals surface area contributed by atoms with Gasteiger partial charge >= 0.3 is 0 Å². The Bertz CT molecular complexity index is 1540. The lowest BCUT2D eigenvalue weighted by atomic mass is 10.1.